The van der Waals surface area contributed by atoms with Crippen LogP contribution in [0.1, 0.15) is 26.3 Å². The van der Waals surface area contributed by atoms with Crippen LogP contribution in [-0.2, 0) is 0 Å². The van der Waals surface area contributed by atoms with E-state index >= 15 is 0 Å². The first kappa shape index (κ1) is 16.8. The van der Waals surface area contributed by atoms with Crippen LogP contribution in [0, 0.1) is 6.92 Å². The van der Waals surface area contributed by atoms with Crippen molar-refractivity contribution < 1.29 is 19.8 Å². The average Bonchev–Trinajstić information content (AvgIpc) is 2.61. The Balaban J connectivity index is 1.64. The maximum atomic E-state index is 12.6. The molecule has 2 amide bonds. The molecule has 1 aliphatic rings. The minimum Gasteiger partial charge on any atom is -0.508 e. The van der Waals surface area contributed by atoms with E-state index in [-0.39, 0.29) is 28.9 Å². The van der Waals surface area contributed by atoms with E-state index in [0.29, 0.717) is 31.7 Å². The molecule has 6 nitrogen and oxygen atoms in total. The highest BCUT2D eigenvalue weighted by atomic mass is 16.3. The van der Waals surface area contributed by atoms with Gasteiger partial charge >= 0.3 is 0 Å². The lowest BCUT2D eigenvalue weighted by atomic mass is 10.1. The van der Waals surface area contributed by atoms with Gasteiger partial charge in [-0.3, -0.25) is 9.59 Å². The molecule has 3 rings (SSSR count). The number of hydrogen-bond acceptors (Lipinski definition) is 4. The molecule has 0 unspecified atom stereocenters. The van der Waals surface area contributed by atoms with E-state index in [9.17, 15) is 19.8 Å². The zero-order valence-electron chi connectivity index (χ0n) is 14.0. The number of phenols is 2. The number of carbonyl (C=O) groups excluding carboxylic acids is 2. The Morgan fingerprint density at radius 2 is 1.40 bits per heavy atom. The fourth-order valence-corrected chi connectivity index (χ4v) is 2.89. The van der Waals surface area contributed by atoms with Crippen molar-refractivity contribution in [1.82, 2.24) is 9.80 Å². The molecule has 1 fully saturated rings. The Morgan fingerprint density at radius 1 is 0.840 bits per heavy atom. The number of aryl methyl sites for hydroxylation is 1. The molecule has 2 aromatic carbocycles. The van der Waals surface area contributed by atoms with Gasteiger partial charge in [-0.25, -0.2) is 0 Å². The van der Waals surface area contributed by atoms with Crippen molar-refractivity contribution >= 4 is 11.8 Å². The quantitative estimate of drug-likeness (QED) is 0.876. The number of piperazine rings is 1. The minimum absolute atomic E-state index is 0.0207. The number of phenolic OH excluding ortho intramolecular Hbond substituents is 2. The summed E-state index contributed by atoms with van der Waals surface area (Å²) in [6, 6.07) is 11.1. The van der Waals surface area contributed by atoms with Gasteiger partial charge < -0.3 is 20.0 Å². The topological polar surface area (TPSA) is 81.1 Å². The molecular weight excluding hydrogens is 320 g/mol. The summed E-state index contributed by atoms with van der Waals surface area (Å²) >= 11 is 0. The molecule has 0 aromatic heterocycles. The lowest BCUT2D eigenvalue weighted by molar-refractivity contribution is 0.0533. The van der Waals surface area contributed by atoms with Gasteiger partial charge in [0.25, 0.3) is 11.8 Å². The third kappa shape index (κ3) is 3.57. The van der Waals surface area contributed by atoms with E-state index in [0.717, 1.165) is 5.56 Å². The van der Waals surface area contributed by atoms with Gasteiger partial charge in [-0.2, -0.15) is 0 Å². The average molecular weight is 340 g/mol. The maximum absolute atomic E-state index is 12.6. The second-order valence-electron chi connectivity index (χ2n) is 6.15. The van der Waals surface area contributed by atoms with Crippen molar-refractivity contribution in [1.29, 1.82) is 0 Å². The molecule has 2 aromatic rings. The summed E-state index contributed by atoms with van der Waals surface area (Å²) in [6.45, 7) is 3.53. The van der Waals surface area contributed by atoms with Crippen LogP contribution in [0.2, 0.25) is 0 Å². The zero-order chi connectivity index (χ0) is 18.0. The van der Waals surface area contributed by atoms with Crippen LogP contribution in [0.4, 0.5) is 0 Å². The normalized spacial score (nSPS) is 14.4. The molecule has 0 atom stereocenters. The van der Waals surface area contributed by atoms with E-state index in [1.807, 2.05) is 6.92 Å². The number of nitrogens with zero attached hydrogens (tertiary/aromatic N) is 2. The molecule has 0 bridgehead atoms. The van der Waals surface area contributed by atoms with E-state index in [1.54, 1.807) is 40.1 Å². The largest absolute Gasteiger partial charge is 0.508 e. The predicted molar refractivity (Wildman–Crippen MR) is 92.8 cm³/mol. The van der Waals surface area contributed by atoms with Crippen LogP contribution < -0.4 is 0 Å². The Kier molecular flexibility index (Phi) is 4.61. The predicted octanol–water partition coefficient (Wildman–Crippen LogP) is 2.00. The maximum Gasteiger partial charge on any atom is 0.257 e. The highest BCUT2D eigenvalue weighted by Crippen LogP contribution is 2.21. The molecular formula is C19H20N2O4. The molecule has 25 heavy (non-hydrogen) atoms. The van der Waals surface area contributed by atoms with Crippen LogP contribution in [0.5, 0.6) is 11.5 Å². The lowest BCUT2D eigenvalue weighted by Crippen LogP contribution is -2.50. The molecule has 0 aliphatic carbocycles. The van der Waals surface area contributed by atoms with Gasteiger partial charge in [0.1, 0.15) is 11.5 Å². The fourth-order valence-electron chi connectivity index (χ4n) is 2.89. The molecule has 1 saturated heterocycles. The Labute approximate surface area is 145 Å². The van der Waals surface area contributed by atoms with Crippen molar-refractivity contribution in [3.63, 3.8) is 0 Å². The highest BCUT2D eigenvalue weighted by molar-refractivity contribution is 5.97. The van der Waals surface area contributed by atoms with Gasteiger partial charge in [0.05, 0.1) is 5.56 Å². The van der Waals surface area contributed by atoms with E-state index in [2.05, 4.69) is 0 Å². The van der Waals surface area contributed by atoms with Gasteiger partial charge in [-0.1, -0.05) is 6.07 Å². The second kappa shape index (κ2) is 6.84. The Morgan fingerprint density at radius 3 is 1.96 bits per heavy atom. The summed E-state index contributed by atoms with van der Waals surface area (Å²) in [6.07, 6.45) is 0. The van der Waals surface area contributed by atoms with Gasteiger partial charge in [0, 0.05) is 31.7 Å². The van der Waals surface area contributed by atoms with Crippen LogP contribution in [-0.4, -0.2) is 58.0 Å². The second-order valence-corrected chi connectivity index (χ2v) is 6.15. The van der Waals surface area contributed by atoms with Crippen LogP contribution in [0.15, 0.2) is 42.5 Å². The molecule has 130 valence electrons. The van der Waals surface area contributed by atoms with E-state index in [4.69, 9.17) is 0 Å². The Bertz CT molecular complexity index is 794. The number of amides is 2. The van der Waals surface area contributed by atoms with Crippen molar-refractivity contribution in [2.45, 2.75) is 6.92 Å². The number of rotatable bonds is 2. The summed E-state index contributed by atoms with van der Waals surface area (Å²) in [4.78, 5) is 28.3. The standard InChI is InChI=1S/C19H20N2O4/c1-13-2-7-16(17(23)12-13)19(25)21-10-8-20(9-11-21)18(24)14-3-5-15(22)6-4-14/h2-7,12,22-23H,8-11H2,1H3. The summed E-state index contributed by atoms with van der Waals surface area (Å²) in [5.74, 6) is -0.253. The molecule has 1 heterocycles. The third-order valence-electron chi connectivity index (χ3n) is 4.35. The number of aromatic hydroxyl groups is 2. The van der Waals surface area contributed by atoms with Crippen LogP contribution in [0.25, 0.3) is 0 Å². The molecule has 0 radical (unpaired) electrons. The Hall–Kier alpha value is -3.02. The summed E-state index contributed by atoms with van der Waals surface area (Å²) in [7, 11) is 0. The fraction of sp³-hybridized carbons (Fsp3) is 0.263. The molecule has 1 aliphatic heterocycles. The highest BCUT2D eigenvalue weighted by Gasteiger charge is 2.26. The molecule has 6 heteroatoms. The van der Waals surface area contributed by atoms with Crippen molar-refractivity contribution in [3.8, 4) is 11.5 Å². The monoisotopic (exact) mass is 340 g/mol. The van der Waals surface area contributed by atoms with Crippen molar-refractivity contribution in [3.05, 3.63) is 59.2 Å². The molecule has 2 N–H and O–H groups in total. The van der Waals surface area contributed by atoms with E-state index in [1.165, 1.54) is 12.1 Å². The zero-order valence-corrected chi connectivity index (χ0v) is 14.0. The first-order valence-electron chi connectivity index (χ1n) is 8.13. The van der Waals surface area contributed by atoms with Gasteiger partial charge in [0.15, 0.2) is 0 Å². The van der Waals surface area contributed by atoms with E-state index < -0.39 is 0 Å². The number of benzene rings is 2. The SMILES string of the molecule is Cc1ccc(C(=O)N2CCN(C(=O)c3ccc(O)cc3)CC2)c(O)c1. The van der Waals surface area contributed by atoms with Crippen LogP contribution >= 0.6 is 0 Å². The van der Waals surface area contributed by atoms with Crippen molar-refractivity contribution in [2.75, 3.05) is 26.2 Å². The van der Waals surface area contributed by atoms with Gasteiger partial charge in [0.2, 0.25) is 0 Å². The van der Waals surface area contributed by atoms with Crippen LogP contribution in [0.3, 0.4) is 0 Å². The first-order valence-corrected chi connectivity index (χ1v) is 8.13. The van der Waals surface area contributed by atoms with Gasteiger partial charge in [-0.05, 0) is 48.9 Å². The molecule has 0 saturated carbocycles. The minimum atomic E-state index is -0.228. The number of carbonyl (C=O) groups is 2. The molecule has 0 spiro atoms. The smallest absolute Gasteiger partial charge is 0.257 e. The summed E-state index contributed by atoms with van der Waals surface area (Å²) in [5.41, 5.74) is 1.68. The van der Waals surface area contributed by atoms with Gasteiger partial charge in [-0.15, -0.1) is 0 Å². The lowest BCUT2D eigenvalue weighted by Gasteiger charge is -2.35. The first-order chi connectivity index (χ1) is 12.0. The summed E-state index contributed by atoms with van der Waals surface area (Å²) < 4.78 is 0. The number of hydrogen-bond donors (Lipinski definition) is 2. The third-order valence-corrected chi connectivity index (χ3v) is 4.35. The van der Waals surface area contributed by atoms with Crippen molar-refractivity contribution in [2.24, 2.45) is 0 Å². The summed E-state index contributed by atoms with van der Waals surface area (Å²) in [5, 5.41) is 19.3.